The van der Waals surface area contributed by atoms with Crippen LogP contribution in [0.1, 0.15) is 18.1 Å². The van der Waals surface area contributed by atoms with E-state index in [0.717, 1.165) is 11.1 Å². The third-order valence-corrected chi connectivity index (χ3v) is 4.34. The fraction of sp³-hybridized carbons (Fsp3) is 0.250. The first-order valence-corrected chi connectivity index (χ1v) is 9.42. The fourth-order valence-electron chi connectivity index (χ4n) is 2.59. The molecule has 1 N–H and O–H groups in total. The van der Waals surface area contributed by atoms with Crippen molar-refractivity contribution in [3.05, 3.63) is 71.0 Å². The van der Waals surface area contributed by atoms with E-state index in [1.54, 1.807) is 29.0 Å². The van der Waals surface area contributed by atoms with Gasteiger partial charge in [0.25, 0.3) is 0 Å². The van der Waals surface area contributed by atoms with Gasteiger partial charge in [-0.25, -0.2) is 9.07 Å². The molecule has 9 heteroatoms. The molecule has 0 aliphatic rings. The summed E-state index contributed by atoms with van der Waals surface area (Å²) in [5.74, 6) is 1.31. The summed E-state index contributed by atoms with van der Waals surface area (Å²) in [6.45, 7) is 7.20. The molecular formula is C20H21ClFN5O2. The summed E-state index contributed by atoms with van der Waals surface area (Å²) in [4.78, 5) is 0. The highest BCUT2D eigenvalue weighted by atomic mass is 35.5. The highest BCUT2D eigenvalue weighted by Crippen LogP contribution is 2.34. The Kier molecular flexibility index (Phi) is 7.02. The number of aromatic nitrogens is 4. The molecule has 0 amide bonds. The average Bonchev–Trinajstić information content (AvgIpc) is 3.15. The van der Waals surface area contributed by atoms with E-state index in [0.29, 0.717) is 42.2 Å². The van der Waals surface area contributed by atoms with Crippen LogP contribution in [-0.4, -0.2) is 26.8 Å². The molecule has 0 atom stereocenters. The van der Waals surface area contributed by atoms with Crippen molar-refractivity contribution >= 4 is 17.5 Å². The van der Waals surface area contributed by atoms with E-state index in [9.17, 15) is 4.39 Å². The summed E-state index contributed by atoms with van der Waals surface area (Å²) in [5, 5.41) is 15.1. The Balaban J connectivity index is 1.73. The van der Waals surface area contributed by atoms with E-state index in [2.05, 4.69) is 27.4 Å². The van der Waals surface area contributed by atoms with Gasteiger partial charge in [-0.3, -0.25) is 0 Å². The first kappa shape index (κ1) is 20.6. The van der Waals surface area contributed by atoms with Gasteiger partial charge in [-0.05, 0) is 46.7 Å². The number of hydrogen-bond acceptors (Lipinski definition) is 6. The molecule has 1 aromatic heterocycles. The van der Waals surface area contributed by atoms with E-state index in [1.807, 2.05) is 13.0 Å². The molecule has 0 aliphatic heterocycles. The Morgan fingerprint density at radius 2 is 1.97 bits per heavy atom. The summed E-state index contributed by atoms with van der Waals surface area (Å²) in [5.41, 5.74) is 1.64. The van der Waals surface area contributed by atoms with Crippen LogP contribution in [0, 0.1) is 5.82 Å². The number of allylic oxidation sites excluding steroid dienone is 1. The zero-order chi connectivity index (χ0) is 20.6. The number of tetrazole rings is 1. The minimum absolute atomic E-state index is 0.268. The Morgan fingerprint density at radius 3 is 2.69 bits per heavy atom. The molecule has 0 aliphatic carbocycles. The number of anilines is 1. The number of hydrogen-bond donors (Lipinski definition) is 1. The molecule has 2 aromatic carbocycles. The van der Waals surface area contributed by atoms with Crippen LogP contribution in [0.5, 0.6) is 11.5 Å². The molecular weight excluding hydrogens is 397 g/mol. The van der Waals surface area contributed by atoms with E-state index >= 15 is 0 Å². The van der Waals surface area contributed by atoms with Gasteiger partial charge in [-0.2, -0.15) is 0 Å². The Labute approximate surface area is 173 Å². The molecule has 7 nitrogen and oxygen atoms in total. The number of benzene rings is 2. The zero-order valence-electron chi connectivity index (χ0n) is 15.9. The molecule has 0 saturated heterocycles. The lowest BCUT2D eigenvalue weighted by Gasteiger charge is -2.15. The number of rotatable bonds is 10. The topological polar surface area (TPSA) is 74.1 Å². The average molecular weight is 418 g/mol. The standard InChI is InChI=1S/C20H21ClFN5O2/c1-3-9-27-20(24-25-26-27)23-12-15-10-18(28-4-2)19(11-17(15)21)29-13-14-5-7-16(22)8-6-14/h3,5-8,10-11H,1,4,9,12-13H2,2H3,(H,23,24,26). The van der Waals surface area contributed by atoms with Crippen LogP contribution >= 0.6 is 11.6 Å². The molecule has 29 heavy (non-hydrogen) atoms. The van der Waals surface area contributed by atoms with Crippen molar-refractivity contribution in [3.63, 3.8) is 0 Å². The maximum absolute atomic E-state index is 13.1. The molecule has 0 spiro atoms. The van der Waals surface area contributed by atoms with Crippen molar-refractivity contribution in [3.8, 4) is 11.5 Å². The molecule has 0 radical (unpaired) electrons. The second kappa shape index (κ2) is 9.88. The lowest BCUT2D eigenvalue weighted by Crippen LogP contribution is -2.09. The third kappa shape index (κ3) is 5.45. The smallest absolute Gasteiger partial charge is 0.243 e. The summed E-state index contributed by atoms with van der Waals surface area (Å²) in [6, 6.07) is 9.65. The quantitative estimate of drug-likeness (QED) is 0.497. The largest absolute Gasteiger partial charge is 0.490 e. The second-order valence-corrected chi connectivity index (χ2v) is 6.47. The maximum Gasteiger partial charge on any atom is 0.243 e. The van der Waals surface area contributed by atoms with Gasteiger partial charge in [-0.1, -0.05) is 34.9 Å². The molecule has 152 valence electrons. The number of ether oxygens (including phenoxy) is 2. The van der Waals surface area contributed by atoms with Crippen LogP contribution in [0.25, 0.3) is 0 Å². The number of nitrogens with one attached hydrogen (secondary N) is 1. The summed E-state index contributed by atoms with van der Waals surface area (Å²) >= 11 is 6.45. The summed E-state index contributed by atoms with van der Waals surface area (Å²) in [6.07, 6.45) is 1.70. The second-order valence-electron chi connectivity index (χ2n) is 6.07. The van der Waals surface area contributed by atoms with Gasteiger partial charge in [0.15, 0.2) is 11.5 Å². The minimum atomic E-state index is -0.289. The van der Waals surface area contributed by atoms with Crippen LogP contribution in [0.15, 0.2) is 49.1 Å². The number of nitrogens with zero attached hydrogens (tertiary/aromatic N) is 4. The summed E-state index contributed by atoms with van der Waals surface area (Å²) in [7, 11) is 0. The third-order valence-electron chi connectivity index (χ3n) is 3.99. The molecule has 0 bridgehead atoms. The van der Waals surface area contributed by atoms with Crippen molar-refractivity contribution in [2.45, 2.75) is 26.6 Å². The van der Waals surface area contributed by atoms with Crippen LogP contribution in [0.4, 0.5) is 10.3 Å². The Hall–Kier alpha value is -3.13. The SMILES string of the molecule is C=CCn1nnnc1NCc1cc(OCC)c(OCc2ccc(F)cc2)cc1Cl. The van der Waals surface area contributed by atoms with Crippen LogP contribution in [-0.2, 0) is 19.7 Å². The van der Waals surface area contributed by atoms with Crippen LogP contribution < -0.4 is 14.8 Å². The Morgan fingerprint density at radius 1 is 1.21 bits per heavy atom. The zero-order valence-corrected chi connectivity index (χ0v) is 16.7. The highest BCUT2D eigenvalue weighted by Gasteiger charge is 2.13. The predicted molar refractivity (Wildman–Crippen MR) is 109 cm³/mol. The van der Waals surface area contributed by atoms with Gasteiger partial charge >= 0.3 is 0 Å². The molecule has 1 heterocycles. The molecule has 3 rings (SSSR count). The monoisotopic (exact) mass is 417 g/mol. The van der Waals surface area contributed by atoms with Gasteiger partial charge in [0.05, 0.1) is 13.2 Å². The van der Waals surface area contributed by atoms with Crippen LogP contribution in [0.2, 0.25) is 5.02 Å². The van der Waals surface area contributed by atoms with Crippen LogP contribution in [0.3, 0.4) is 0 Å². The molecule has 0 fully saturated rings. The van der Waals surface area contributed by atoms with Gasteiger partial charge in [0, 0.05) is 17.6 Å². The lowest BCUT2D eigenvalue weighted by atomic mass is 10.2. The Bertz CT molecular complexity index is 962. The highest BCUT2D eigenvalue weighted by molar-refractivity contribution is 6.31. The van der Waals surface area contributed by atoms with Gasteiger partial charge in [-0.15, -0.1) is 6.58 Å². The number of halogens is 2. The normalized spacial score (nSPS) is 10.6. The molecule has 0 unspecified atom stereocenters. The van der Waals surface area contributed by atoms with Gasteiger partial charge in [0.2, 0.25) is 5.95 Å². The first-order chi connectivity index (χ1) is 14.1. The van der Waals surface area contributed by atoms with Crippen molar-refractivity contribution in [1.29, 1.82) is 0 Å². The van der Waals surface area contributed by atoms with E-state index in [1.165, 1.54) is 12.1 Å². The first-order valence-electron chi connectivity index (χ1n) is 9.04. The van der Waals surface area contributed by atoms with Crippen molar-refractivity contribution in [1.82, 2.24) is 20.2 Å². The van der Waals surface area contributed by atoms with Gasteiger partial charge in [0.1, 0.15) is 12.4 Å². The lowest BCUT2D eigenvalue weighted by molar-refractivity contribution is 0.269. The van der Waals surface area contributed by atoms with Crippen molar-refractivity contribution < 1.29 is 13.9 Å². The molecule has 0 saturated carbocycles. The predicted octanol–water partition coefficient (Wildman–Crippen LogP) is 4.24. The van der Waals surface area contributed by atoms with E-state index in [-0.39, 0.29) is 12.4 Å². The summed E-state index contributed by atoms with van der Waals surface area (Å²) < 4.78 is 26.2. The van der Waals surface area contributed by atoms with E-state index < -0.39 is 0 Å². The minimum Gasteiger partial charge on any atom is -0.490 e. The maximum atomic E-state index is 13.1. The van der Waals surface area contributed by atoms with Crippen molar-refractivity contribution in [2.75, 3.05) is 11.9 Å². The van der Waals surface area contributed by atoms with Gasteiger partial charge < -0.3 is 14.8 Å². The molecule has 3 aromatic rings. The van der Waals surface area contributed by atoms with E-state index in [4.69, 9.17) is 21.1 Å². The van der Waals surface area contributed by atoms with Crippen molar-refractivity contribution in [2.24, 2.45) is 0 Å². The fourth-order valence-corrected chi connectivity index (χ4v) is 2.81.